The van der Waals surface area contributed by atoms with Crippen molar-refractivity contribution in [3.63, 3.8) is 0 Å². The van der Waals surface area contributed by atoms with Gasteiger partial charge in [-0.3, -0.25) is 9.69 Å². The van der Waals surface area contributed by atoms with Crippen LogP contribution in [0.15, 0.2) is 28.9 Å². The lowest BCUT2D eigenvalue weighted by atomic mass is 10.1. The molecule has 10 heteroatoms. The van der Waals surface area contributed by atoms with Gasteiger partial charge in [-0.15, -0.1) is 13.2 Å². The van der Waals surface area contributed by atoms with E-state index in [1.54, 1.807) is 0 Å². The molecule has 1 aromatic carbocycles. The molecule has 0 spiro atoms. The number of aryl methyl sites for hydroxylation is 1. The van der Waals surface area contributed by atoms with Crippen LogP contribution in [0.2, 0.25) is 0 Å². The largest absolute Gasteiger partial charge is 0.573 e. The lowest BCUT2D eigenvalue weighted by Crippen LogP contribution is -2.36. The Bertz CT molecular complexity index is 812. The highest BCUT2D eigenvalue weighted by molar-refractivity contribution is 9.10. The first-order chi connectivity index (χ1) is 11.7. The molecule has 0 aliphatic carbocycles. The lowest BCUT2D eigenvalue weighted by molar-refractivity contribution is -0.274. The minimum atomic E-state index is -4.77. The molecule has 1 amide bonds. The Morgan fingerprint density at radius 1 is 1.16 bits per heavy atom. The molecule has 1 aromatic heterocycles. The van der Waals surface area contributed by atoms with Crippen molar-refractivity contribution >= 4 is 27.7 Å². The van der Waals surface area contributed by atoms with Crippen molar-refractivity contribution in [1.82, 2.24) is 9.97 Å². The van der Waals surface area contributed by atoms with Crippen molar-refractivity contribution < 1.29 is 27.1 Å². The molecule has 0 bridgehead atoms. The molecule has 2 aromatic rings. The van der Waals surface area contributed by atoms with Crippen molar-refractivity contribution in [3.05, 3.63) is 46.1 Å². The Hall–Kier alpha value is -2.23. The summed E-state index contributed by atoms with van der Waals surface area (Å²) in [6.07, 6.45) is -4.24. The number of carbonyl (C=O) groups excluding carboxylic acids is 1. The molecule has 5 nitrogen and oxygen atoms in total. The zero-order valence-corrected chi connectivity index (χ0v) is 14.1. The third-order valence-corrected chi connectivity index (χ3v) is 4.00. The van der Waals surface area contributed by atoms with E-state index in [0.29, 0.717) is 17.7 Å². The highest BCUT2D eigenvalue weighted by Crippen LogP contribution is 2.29. The number of anilines is 1. The van der Waals surface area contributed by atoms with Crippen LogP contribution in [0.5, 0.6) is 5.75 Å². The van der Waals surface area contributed by atoms with E-state index in [9.17, 15) is 22.4 Å². The standard InChI is InChI=1S/C15H10BrF4N3O2/c16-12-13(17)22-14-10(21-12)5-6-11(24)23(14)7-8-1-3-9(4-2-8)25-15(18,19)20/h1-4H,5-7H2. The van der Waals surface area contributed by atoms with Gasteiger partial charge in [0.15, 0.2) is 10.4 Å². The van der Waals surface area contributed by atoms with Gasteiger partial charge in [0.05, 0.1) is 12.2 Å². The van der Waals surface area contributed by atoms with Gasteiger partial charge < -0.3 is 4.74 Å². The zero-order chi connectivity index (χ0) is 18.2. The van der Waals surface area contributed by atoms with E-state index in [0.717, 1.165) is 12.1 Å². The summed E-state index contributed by atoms with van der Waals surface area (Å²) >= 11 is 2.95. The number of nitrogens with zero attached hydrogens (tertiary/aromatic N) is 3. The smallest absolute Gasteiger partial charge is 0.406 e. The summed E-state index contributed by atoms with van der Waals surface area (Å²) in [7, 11) is 0. The van der Waals surface area contributed by atoms with E-state index in [2.05, 4.69) is 30.6 Å². The number of rotatable bonds is 3. The summed E-state index contributed by atoms with van der Waals surface area (Å²) in [5.41, 5.74) is 1.02. The second-order valence-corrected chi connectivity index (χ2v) is 6.00. The highest BCUT2D eigenvalue weighted by atomic mass is 79.9. The molecule has 25 heavy (non-hydrogen) atoms. The number of fused-ring (bicyclic) bond motifs is 1. The maximum absolute atomic E-state index is 13.7. The van der Waals surface area contributed by atoms with E-state index in [1.807, 2.05) is 0 Å². The van der Waals surface area contributed by atoms with Gasteiger partial charge in [-0.2, -0.15) is 9.37 Å². The van der Waals surface area contributed by atoms with Crippen molar-refractivity contribution in [1.29, 1.82) is 0 Å². The molecule has 0 saturated carbocycles. The maximum Gasteiger partial charge on any atom is 0.573 e. The fourth-order valence-electron chi connectivity index (χ4n) is 2.42. The van der Waals surface area contributed by atoms with Crippen LogP contribution in [0, 0.1) is 5.95 Å². The summed E-state index contributed by atoms with van der Waals surface area (Å²) in [6, 6.07) is 5.08. The Morgan fingerprint density at radius 2 is 1.84 bits per heavy atom. The number of carbonyl (C=O) groups is 1. The minimum absolute atomic E-state index is 0.0331. The van der Waals surface area contributed by atoms with Crippen LogP contribution in [0.1, 0.15) is 17.7 Å². The normalized spacial score (nSPS) is 14.4. The first kappa shape index (κ1) is 17.6. The third-order valence-electron chi connectivity index (χ3n) is 3.50. The van der Waals surface area contributed by atoms with E-state index in [4.69, 9.17) is 0 Å². The quantitative estimate of drug-likeness (QED) is 0.710. The fraction of sp³-hybridized carbons (Fsp3) is 0.267. The van der Waals surface area contributed by atoms with E-state index < -0.39 is 12.3 Å². The summed E-state index contributed by atoms with van der Waals surface area (Å²) in [5, 5.41) is 0. The molecular weight excluding hydrogens is 410 g/mol. The van der Waals surface area contributed by atoms with Gasteiger partial charge >= 0.3 is 6.36 Å². The number of halogens is 5. The molecule has 1 aliphatic heterocycles. The molecule has 0 N–H and O–H groups in total. The monoisotopic (exact) mass is 419 g/mol. The SMILES string of the molecule is O=C1CCc2nc(Br)c(F)nc2N1Cc1ccc(OC(F)(F)F)cc1. The van der Waals surface area contributed by atoms with Gasteiger partial charge in [0, 0.05) is 12.8 Å². The third kappa shape index (κ3) is 4.06. The predicted octanol–water partition coefficient (Wildman–Crippen LogP) is 3.76. The maximum atomic E-state index is 13.7. The second-order valence-electron chi connectivity index (χ2n) is 5.25. The molecular formula is C15H10BrF4N3O2. The molecule has 0 saturated heterocycles. The number of aromatic nitrogens is 2. The molecule has 3 rings (SSSR count). The zero-order valence-electron chi connectivity index (χ0n) is 12.5. The Kier molecular flexibility index (Phi) is 4.63. The van der Waals surface area contributed by atoms with Crippen LogP contribution >= 0.6 is 15.9 Å². The molecule has 0 fully saturated rings. The van der Waals surface area contributed by atoms with E-state index in [1.165, 1.54) is 17.0 Å². The van der Waals surface area contributed by atoms with Gasteiger partial charge in [0.2, 0.25) is 11.9 Å². The van der Waals surface area contributed by atoms with Gasteiger partial charge in [0.1, 0.15) is 5.75 Å². The Balaban J connectivity index is 1.83. The van der Waals surface area contributed by atoms with Crippen LogP contribution < -0.4 is 9.64 Å². The van der Waals surface area contributed by atoms with Crippen LogP contribution in [0.3, 0.4) is 0 Å². The second kappa shape index (κ2) is 6.58. The average molecular weight is 420 g/mol. The van der Waals surface area contributed by atoms with E-state index >= 15 is 0 Å². The Morgan fingerprint density at radius 3 is 2.48 bits per heavy atom. The predicted molar refractivity (Wildman–Crippen MR) is 82.3 cm³/mol. The molecule has 0 atom stereocenters. The number of alkyl halides is 3. The first-order valence-corrected chi connectivity index (χ1v) is 7.89. The average Bonchev–Trinajstić information content (AvgIpc) is 2.52. The Labute approximate surface area is 147 Å². The topological polar surface area (TPSA) is 55.3 Å². The number of ether oxygens (including phenoxy) is 1. The number of hydrogen-bond acceptors (Lipinski definition) is 4. The van der Waals surface area contributed by atoms with Crippen LogP contribution in [-0.2, 0) is 17.8 Å². The molecule has 0 unspecified atom stereocenters. The number of benzene rings is 1. The van der Waals surface area contributed by atoms with Crippen molar-refractivity contribution in [2.24, 2.45) is 0 Å². The fourth-order valence-corrected chi connectivity index (χ4v) is 2.73. The molecule has 132 valence electrons. The van der Waals surface area contributed by atoms with Crippen molar-refractivity contribution in [2.45, 2.75) is 25.7 Å². The van der Waals surface area contributed by atoms with Crippen molar-refractivity contribution in [3.8, 4) is 5.75 Å². The van der Waals surface area contributed by atoms with Gasteiger partial charge in [-0.25, -0.2) is 4.98 Å². The van der Waals surface area contributed by atoms with Gasteiger partial charge in [0.25, 0.3) is 0 Å². The van der Waals surface area contributed by atoms with Gasteiger partial charge in [-0.1, -0.05) is 12.1 Å². The van der Waals surface area contributed by atoms with Crippen LogP contribution in [-0.4, -0.2) is 22.2 Å². The van der Waals surface area contributed by atoms with Crippen LogP contribution in [0.25, 0.3) is 0 Å². The van der Waals surface area contributed by atoms with E-state index in [-0.39, 0.29) is 35.0 Å². The molecule has 1 aliphatic rings. The van der Waals surface area contributed by atoms with Gasteiger partial charge in [-0.05, 0) is 33.6 Å². The minimum Gasteiger partial charge on any atom is -0.406 e. The number of hydrogen-bond donors (Lipinski definition) is 0. The van der Waals surface area contributed by atoms with Crippen molar-refractivity contribution in [2.75, 3.05) is 4.90 Å². The summed E-state index contributed by atoms with van der Waals surface area (Å²) < 4.78 is 54.0. The molecule has 0 radical (unpaired) electrons. The summed E-state index contributed by atoms with van der Waals surface area (Å²) in [5.74, 6) is -1.35. The molecule has 2 heterocycles. The van der Waals surface area contributed by atoms with Crippen LogP contribution in [0.4, 0.5) is 23.4 Å². The summed E-state index contributed by atoms with van der Waals surface area (Å²) in [4.78, 5) is 21.2. The number of amides is 1. The first-order valence-electron chi connectivity index (χ1n) is 7.10. The lowest BCUT2D eigenvalue weighted by Gasteiger charge is -2.27. The highest BCUT2D eigenvalue weighted by Gasteiger charge is 2.31. The summed E-state index contributed by atoms with van der Waals surface area (Å²) in [6.45, 7) is 0.0356.